The summed E-state index contributed by atoms with van der Waals surface area (Å²) in [5, 5.41) is 42.2. The summed E-state index contributed by atoms with van der Waals surface area (Å²) in [7, 11) is 0. The van der Waals surface area contributed by atoms with E-state index in [1.54, 1.807) is 0 Å². The maximum Gasteiger partial charge on any atom is 0.0851 e. The molecule has 4 fully saturated rings. The predicted molar refractivity (Wildman–Crippen MR) is 110 cm³/mol. The van der Waals surface area contributed by atoms with Crippen molar-refractivity contribution < 1.29 is 20.4 Å². The molecular formula is C24H40O4. The van der Waals surface area contributed by atoms with Crippen molar-refractivity contribution in [2.45, 2.75) is 96.4 Å². The van der Waals surface area contributed by atoms with Crippen LogP contribution in [-0.2, 0) is 0 Å². The Labute approximate surface area is 170 Å². The quantitative estimate of drug-likeness (QED) is 0.541. The highest BCUT2D eigenvalue weighted by Gasteiger charge is 2.65. The number of hydrogen-bond donors (Lipinski definition) is 4. The molecule has 0 saturated heterocycles. The van der Waals surface area contributed by atoms with Crippen LogP contribution in [-0.4, -0.2) is 38.7 Å². The van der Waals surface area contributed by atoms with Crippen LogP contribution < -0.4 is 0 Å². The zero-order valence-corrected chi connectivity index (χ0v) is 17.7. The molecule has 28 heavy (non-hydrogen) atoms. The first kappa shape index (κ1) is 20.7. The van der Waals surface area contributed by atoms with E-state index in [-0.39, 0.29) is 40.8 Å². The summed E-state index contributed by atoms with van der Waals surface area (Å²) in [4.78, 5) is 0. The van der Waals surface area contributed by atoms with Crippen LogP contribution in [0.1, 0.15) is 78.1 Å². The number of rotatable bonds is 4. The molecule has 0 bridgehead atoms. The van der Waals surface area contributed by atoms with Gasteiger partial charge in [-0.05, 0) is 98.2 Å². The smallest absolute Gasteiger partial charge is 0.0851 e. The number of hydrogen-bond acceptors (Lipinski definition) is 4. The number of aliphatic hydroxyl groups is 4. The fraction of sp³-hybridized carbons (Fsp3) is 0.917. The van der Waals surface area contributed by atoms with Gasteiger partial charge < -0.3 is 20.4 Å². The van der Waals surface area contributed by atoms with E-state index in [1.165, 1.54) is 0 Å². The molecule has 0 spiro atoms. The van der Waals surface area contributed by atoms with E-state index in [4.69, 9.17) is 0 Å². The van der Waals surface area contributed by atoms with Crippen molar-refractivity contribution in [3.05, 3.63) is 12.3 Å². The molecule has 160 valence electrons. The molecule has 4 heteroatoms. The summed E-state index contributed by atoms with van der Waals surface area (Å²) in [6.07, 6.45) is 8.23. The lowest BCUT2D eigenvalue weighted by atomic mass is 9.43. The molecule has 0 amide bonds. The number of aliphatic hydroxyl groups excluding tert-OH is 4. The first-order chi connectivity index (χ1) is 13.2. The Morgan fingerprint density at radius 2 is 1.75 bits per heavy atom. The Balaban J connectivity index is 1.58. The van der Waals surface area contributed by atoms with Gasteiger partial charge >= 0.3 is 0 Å². The lowest BCUT2D eigenvalue weighted by Gasteiger charge is -2.63. The summed E-state index contributed by atoms with van der Waals surface area (Å²) in [6.45, 7) is 8.25. The van der Waals surface area contributed by atoms with Crippen molar-refractivity contribution >= 4 is 0 Å². The van der Waals surface area contributed by atoms with Crippen molar-refractivity contribution in [2.75, 3.05) is 0 Å². The van der Waals surface area contributed by atoms with Crippen molar-refractivity contribution in [3.8, 4) is 0 Å². The molecule has 0 heterocycles. The molecule has 4 saturated carbocycles. The van der Waals surface area contributed by atoms with Crippen molar-refractivity contribution in [1.82, 2.24) is 0 Å². The second kappa shape index (κ2) is 7.28. The highest BCUT2D eigenvalue weighted by Crippen LogP contribution is 2.67. The van der Waals surface area contributed by atoms with E-state index in [1.807, 2.05) is 0 Å². The molecule has 10 atom stereocenters. The molecule has 0 radical (unpaired) electrons. The van der Waals surface area contributed by atoms with Gasteiger partial charge in [-0.1, -0.05) is 20.4 Å². The van der Waals surface area contributed by atoms with Gasteiger partial charge in [-0.2, -0.15) is 0 Å². The van der Waals surface area contributed by atoms with Crippen LogP contribution in [0.25, 0.3) is 0 Å². The standard InChI is InChI=1S/C24H40O4/c1-14(25)5-4-6-15-7-8-18-22-19(13-21(28)24(15,18)3)23(2)10-9-17(26)11-16(23)12-20(22)27/h15-22,25-28H,1,4-13H2,2-3H3. The van der Waals surface area contributed by atoms with Crippen LogP contribution in [0.5, 0.6) is 0 Å². The monoisotopic (exact) mass is 392 g/mol. The van der Waals surface area contributed by atoms with Crippen LogP contribution in [0.15, 0.2) is 12.3 Å². The fourth-order valence-corrected chi connectivity index (χ4v) is 8.32. The second-order valence-electron chi connectivity index (χ2n) is 11.1. The average Bonchev–Trinajstić information content (AvgIpc) is 2.95. The number of fused-ring (bicyclic) bond motifs is 5. The van der Waals surface area contributed by atoms with E-state index in [2.05, 4.69) is 20.4 Å². The van der Waals surface area contributed by atoms with Gasteiger partial charge in [-0.15, -0.1) is 0 Å². The van der Waals surface area contributed by atoms with Crippen LogP contribution in [0.4, 0.5) is 0 Å². The minimum absolute atomic E-state index is 0.129. The normalized spacial score (nSPS) is 53.2. The van der Waals surface area contributed by atoms with Crippen molar-refractivity contribution in [1.29, 1.82) is 0 Å². The molecule has 0 aromatic heterocycles. The summed E-state index contributed by atoms with van der Waals surface area (Å²) >= 11 is 0. The molecule has 0 aliphatic heterocycles. The van der Waals surface area contributed by atoms with Gasteiger partial charge in [0.25, 0.3) is 0 Å². The molecule has 4 nitrogen and oxygen atoms in total. The largest absolute Gasteiger partial charge is 0.513 e. The molecular weight excluding hydrogens is 352 g/mol. The van der Waals surface area contributed by atoms with Gasteiger partial charge in [0.1, 0.15) is 0 Å². The van der Waals surface area contributed by atoms with Crippen LogP contribution in [0, 0.1) is 40.4 Å². The van der Waals surface area contributed by atoms with Gasteiger partial charge in [0.15, 0.2) is 0 Å². The third-order valence-corrected chi connectivity index (χ3v) is 9.97. The van der Waals surface area contributed by atoms with Gasteiger partial charge in [0, 0.05) is 6.42 Å². The van der Waals surface area contributed by atoms with Gasteiger partial charge in [-0.3, -0.25) is 0 Å². The van der Waals surface area contributed by atoms with E-state index in [9.17, 15) is 20.4 Å². The van der Waals surface area contributed by atoms with Crippen LogP contribution >= 0.6 is 0 Å². The van der Waals surface area contributed by atoms with Gasteiger partial charge in [-0.25, -0.2) is 0 Å². The Morgan fingerprint density at radius 3 is 2.46 bits per heavy atom. The minimum atomic E-state index is -0.321. The molecule has 4 rings (SSSR count). The van der Waals surface area contributed by atoms with E-state index in [0.29, 0.717) is 30.1 Å². The summed E-state index contributed by atoms with van der Waals surface area (Å²) in [5.74, 6) is 2.10. The summed E-state index contributed by atoms with van der Waals surface area (Å²) in [5.41, 5.74) is 0.00840. The zero-order chi connectivity index (χ0) is 20.3. The third kappa shape index (κ3) is 3.06. The Hall–Kier alpha value is -0.580. The zero-order valence-electron chi connectivity index (χ0n) is 17.7. The average molecular weight is 393 g/mol. The topological polar surface area (TPSA) is 80.9 Å². The number of allylic oxidation sites excluding steroid dienone is 1. The van der Waals surface area contributed by atoms with Crippen LogP contribution in [0.3, 0.4) is 0 Å². The van der Waals surface area contributed by atoms with Gasteiger partial charge in [0.05, 0.1) is 24.1 Å². The SMILES string of the molecule is C=C(O)CCCC1CCC2C3C(O)CC4CC(O)CCC4(C)C3CC(O)C12C. The fourth-order valence-electron chi connectivity index (χ4n) is 8.32. The lowest BCUT2D eigenvalue weighted by Crippen LogP contribution is -2.62. The molecule has 10 unspecified atom stereocenters. The Kier molecular flexibility index (Phi) is 5.38. The molecule has 4 aliphatic rings. The second-order valence-corrected chi connectivity index (χ2v) is 11.1. The molecule has 0 aromatic rings. The first-order valence-corrected chi connectivity index (χ1v) is 11.6. The van der Waals surface area contributed by atoms with Gasteiger partial charge in [0.2, 0.25) is 0 Å². The molecule has 4 N–H and O–H groups in total. The third-order valence-electron chi connectivity index (χ3n) is 9.97. The van der Waals surface area contributed by atoms with Crippen molar-refractivity contribution in [2.24, 2.45) is 40.4 Å². The van der Waals surface area contributed by atoms with Crippen molar-refractivity contribution in [3.63, 3.8) is 0 Å². The maximum absolute atomic E-state index is 11.4. The Bertz CT molecular complexity index is 605. The van der Waals surface area contributed by atoms with Crippen LogP contribution in [0.2, 0.25) is 0 Å². The summed E-state index contributed by atoms with van der Waals surface area (Å²) in [6, 6.07) is 0. The minimum Gasteiger partial charge on any atom is -0.513 e. The maximum atomic E-state index is 11.4. The Morgan fingerprint density at radius 1 is 1.00 bits per heavy atom. The molecule has 4 aliphatic carbocycles. The predicted octanol–water partition coefficient (Wildman–Crippen LogP) is 4.19. The summed E-state index contributed by atoms with van der Waals surface area (Å²) < 4.78 is 0. The first-order valence-electron chi connectivity index (χ1n) is 11.6. The van der Waals surface area contributed by atoms with E-state index in [0.717, 1.165) is 57.8 Å². The molecule has 0 aromatic carbocycles. The van der Waals surface area contributed by atoms with E-state index >= 15 is 0 Å². The van der Waals surface area contributed by atoms with E-state index < -0.39 is 0 Å². The lowest BCUT2D eigenvalue weighted by molar-refractivity contribution is -0.204. The highest BCUT2D eigenvalue weighted by atomic mass is 16.3. The highest BCUT2D eigenvalue weighted by molar-refractivity contribution is 5.13.